The highest BCUT2D eigenvalue weighted by Crippen LogP contribution is 2.41. The number of alkyl halides is 3. The summed E-state index contributed by atoms with van der Waals surface area (Å²) in [5.74, 6) is -0.471. The van der Waals surface area contributed by atoms with Crippen molar-refractivity contribution in [1.82, 2.24) is 14.8 Å². The van der Waals surface area contributed by atoms with Crippen LogP contribution in [0, 0.1) is 11.8 Å². The molecule has 0 saturated carbocycles. The number of aliphatic hydroxyl groups excluding tert-OH is 1. The second kappa shape index (κ2) is 13.7. The Morgan fingerprint density at radius 1 is 1.12 bits per heavy atom. The van der Waals surface area contributed by atoms with Crippen molar-refractivity contribution in [3.63, 3.8) is 0 Å². The molecule has 2 aromatic rings. The number of hydrogen-bond acceptors (Lipinski definition) is 7. The minimum Gasteiger partial charge on any atom is -0.497 e. The van der Waals surface area contributed by atoms with Crippen LogP contribution in [0.3, 0.4) is 0 Å². The second-order valence-electron chi connectivity index (χ2n) is 11.3. The Kier molecular flexibility index (Phi) is 10.4. The predicted molar refractivity (Wildman–Crippen MR) is 155 cm³/mol. The van der Waals surface area contributed by atoms with E-state index in [0.29, 0.717) is 56.3 Å². The molecule has 2 aliphatic rings. The van der Waals surface area contributed by atoms with Crippen LogP contribution in [0.5, 0.6) is 5.75 Å². The van der Waals surface area contributed by atoms with Gasteiger partial charge in [-0.05, 0) is 62.3 Å². The lowest BCUT2D eigenvalue weighted by atomic mass is 9.90. The number of likely N-dealkylation sites (tertiary alicyclic amines) is 1. The third-order valence-corrected chi connectivity index (χ3v) is 8.78. The molecular formula is C30H38ClF3N4O5. The molecule has 13 heteroatoms. The summed E-state index contributed by atoms with van der Waals surface area (Å²) in [6, 6.07) is 8.27. The summed E-state index contributed by atoms with van der Waals surface area (Å²) in [4.78, 5) is 35.0. The lowest BCUT2D eigenvalue weighted by molar-refractivity contribution is -0.261. The zero-order chi connectivity index (χ0) is 31.4. The number of anilines is 1. The fraction of sp³-hybridized carbons (Fsp3) is 0.567. The standard InChI is InChI=1S/C30H38ClF3N4O5/c1-36(28(41)29(42,30(32,33)34)22-6-3-7-23(17-22)43-2)13-4-5-20-10-14-37(15-11-20)25-9-8-24(26(31)35-25)27(40)38-16-12-21(18-38)19-39/h3,6-9,17,20-21,39,42H,4-5,10-16,18-19H2,1-2H3. The maximum absolute atomic E-state index is 14.0. The fourth-order valence-corrected chi connectivity index (χ4v) is 6.03. The van der Waals surface area contributed by atoms with Gasteiger partial charge in [0, 0.05) is 57.9 Å². The Hall–Kier alpha value is -3.09. The summed E-state index contributed by atoms with van der Waals surface area (Å²) >= 11 is 6.40. The third kappa shape index (κ3) is 7.18. The molecule has 1 aromatic carbocycles. The second-order valence-corrected chi connectivity index (χ2v) is 11.7. The Morgan fingerprint density at radius 2 is 1.81 bits per heavy atom. The summed E-state index contributed by atoms with van der Waals surface area (Å²) in [6.45, 7) is 2.57. The Morgan fingerprint density at radius 3 is 2.42 bits per heavy atom. The monoisotopic (exact) mass is 626 g/mol. The van der Waals surface area contributed by atoms with E-state index in [-0.39, 0.29) is 35.9 Å². The molecule has 1 aromatic heterocycles. The fourth-order valence-electron chi connectivity index (χ4n) is 5.80. The molecule has 2 unspecified atom stereocenters. The number of carbonyl (C=O) groups excluding carboxylic acids is 2. The van der Waals surface area contributed by atoms with Crippen molar-refractivity contribution >= 4 is 29.2 Å². The van der Waals surface area contributed by atoms with Crippen molar-refractivity contribution in [2.75, 3.05) is 58.4 Å². The van der Waals surface area contributed by atoms with Crippen LogP contribution in [0.15, 0.2) is 36.4 Å². The van der Waals surface area contributed by atoms with Crippen molar-refractivity contribution in [3.05, 3.63) is 52.7 Å². The number of methoxy groups -OCH3 is 1. The summed E-state index contributed by atoms with van der Waals surface area (Å²) in [7, 11) is 2.55. The maximum Gasteiger partial charge on any atom is 0.430 e. The van der Waals surface area contributed by atoms with Crippen LogP contribution in [0.2, 0.25) is 5.15 Å². The van der Waals surface area contributed by atoms with Crippen molar-refractivity contribution in [2.45, 2.75) is 43.9 Å². The molecule has 9 nitrogen and oxygen atoms in total. The van der Waals surface area contributed by atoms with E-state index in [2.05, 4.69) is 9.88 Å². The van der Waals surface area contributed by atoms with Gasteiger partial charge in [-0.3, -0.25) is 9.59 Å². The number of carbonyl (C=O) groups is 2. The number of nitrogens with zero attached hydrogens (tertiary/aromatic N) is 4. The van der Waals surface area contributed by atoms with Gasteiger partial charge in [0.1, 0.15) is 16.7 Å². The average Bonchev–Trinajstić information content (AvgIpc) is 3.49. The Balaban J connectivity index is 1.28. The average molecular weight is 627 g/mol. The quantitative estimate of drug-likeness (QED) is 0.383. The number of hydrogen-bond donors (Lipinski definition) is 2. The molecule has 4 rings (SSSR count). The number of likely N-dealkylation sites (N-methyl/N-ethyl adjacent to an activating group) is 1. The SMILES string of the molecule is COc1cccc(C(O)(C(=O)N(C)CCCC2CCN(c3ccc(C(=O)N4CCC(CO)C4)c(Cl)n3)CC2)C(F)(F)F)c1. The van der Waals surface area contributed by atoms with Gasteiger partial charge < -0.3 is 29.6 Å². The van der Waals surface area contributed by atoms with E-state index in [1.165, 1.54) is 26.3 Å². The zero-order valence-electron chi connectivity index (χ0n) is 24.3. The van der Waals surface area contributed by atoms with Crippen LogP contribution < -0.4 is 9.64 Å². The van der Waals surface area contributed by atoms with Crippen molar-refractivity contribution < 1.29 is 37.7 Å². The van der Waals surface area contributed by atoms with Crippen LogP contribution in [-0.4, -0.2) is 96.5 Å². The van der Waals surface area contributed by atoms with Gasteiger partial charge in [0.25, 0.3) is 17.4 Å². The van der Waals surface area contributed by atoms with Crippen LogP contribution in [-0.2, 0) is 10.4 Å². The number of halogens is 4. The summed E-state index contributed by atoms with van der Waals surface area (Å²) in [6.07, 6.45) is -1.63. The Labute approximate surface area is 254 Å². The van der Waals surface area contributed by atoms with Crippen LogP contribution in [0.4, 0.5) is 19.0 Å². The molecule has 2 fully saturated rings. The largest absolute Gasteiger partial charge is 0.497 e. The zero-order valence-corrected chi connectivity index (χ0v) is 25.1. The van der Waals surface area contributed by atoms with E-state index in [1.54, 1.807) is 17.0 Å². The van der Waals surface area contributed by atoms with Gasteiger partial charge in [-0.25, -0.2) is 4.98 Å². The van der Waals surface area contributed by atoms with E-state index in [1.807, 2.05) is 0 Å². The third-order valence-electron chi connectivity index (χ3n) is 8.49. The highest BCUT2D eigenvalue weighted by Gasteiger charge is 2.61. The smallest absolute Gasteiger partial charge is 0.430 e. The number of ether oxygens (including phenoxy) is 1. The lowest BCUT2D eigenvalue weighted by Gasteiger charge is -2.34. The first kappa shape index (κ1) is 32.8. The number of pyridine rings is 1. The van der Waals surface area contributed by atoms with Gasteiger partial charge in [0.15, 0.2) is 0 Å². The van der Waals surface area contributed by atoms with Gasteiger partial charge >= 0.3 is 6.18 Å². The number of aliphatic hydroxyl groups is 2. The molecular weight excluding hydrogens is 589 g/mol. The number of amides is 2. The lowest BCUT2D eigenvalue weighted by Crippen LogP contribution is -2.55. The van der Waals surface area contributed by atoms with Crippen molar-refractivity contribution in [3.8, 4) is 5.75 Å². The molecule has 2 aliphatic heterocycles. The first-order chi connectivity index (χ1) is 20.4. The predicted octanol–water partition coefficient (Wildman–Crippen LogP) is 4.10. The van der Waals surface area contributed by atoms with Crippen LogP contribution in [0.1, 0.15) is 48.0 Å². The molecule has 2 atom stereocenters. The van der Waals surface area contributed by atoms with Gasteiger partial charge in [-0.2, -0.15) is 13.2 Å². The van der Waals surface area contributed by atoms with Crippen molar-refractivity contribution in [1.29, 1.82) is 0 Å². The summed E-state index contributed by atoms with van der Waals surface area (Å²) in [5.41, 5.74) is -3.95. The maximum atomic E-state index is 14.0. The molecule has 2 N–H and O–H groups in total. The van der Waals surface area contributed by atoms with Gasteiger partial charge in [-0.1, -0.05) is 23.7 Å². The van der Waals surface area contributed by atoms with Gasteiger partial charge in [0.05, 0.1) is 12.7 Å². The highest BCUT2D eigenvalue weighted by molar-refractivity contribution is 6.32. The molecule has 0 radical (unpaired) electrons. The highest BCUT2D eigenvalue weighted by atomic mass is 35.5. The van der Waals surface area contributed by atoms with Gasteiger partial charge in [0.2, 0.25) is 0 Å². The summed E-state index contributed by atoms with van der Waals surface area (Å²) < 4.78 is 47.1. The molecule has 0 aliphatic carbocycles. The van der Waals surface area contributed by atoms with E-state index in [4.69, 9.17) is 16.3 Å². The van der Waals surface area contributed by atoms with E-state index < -0.39 is 23.2 Å². The molecule has 236 valence electrons. The number of piperidine rings is 1. The minimum atomic E-state index is -5.23. The van der Waals surface area contributed by atoms with Crippen molar-refractivity contribution in [2.24, 2.45) is 11.8 Å². The van der Waals surface area contributed by atoms with Crippen LogP contribution >= 0.6 is 11.6 Å². The molecule has 3 heterocycles. The van der Waals surface area contributed by atoms with Crippen LogP contribution in [0.25, 0.3) is 0 Å². The van der Waals surface area contributed by atoms with E-state index in [9.17, 15) is 33.0 Å². The minimum absolute atomic E-state index is 0.0468. The molecule has 2 saturated heterocycles. The first-order valence-electron chi connectivity index (χ1n) is 14.4. The van der Waals surface area contributed by atoms with E-state index >= 15 is 0 Å². The number of benzene rings is 1. The molecule has 2 amide bonds. The number of aromatic nitrogens is 1. The number of rotatable bonds is 10. The topological polar surface area (TPSA) is 106 Å². The summed E-state index contributed by atoms with van der Waals surface area (Å²) in [5, 5.41) is 20.2. The Bertz CT molecular complexity index is 1290. The van der Waals surface area contributed by atoms with Gasteiger partial charge in [-0.15, -0.1) is 0 Å². The van der Waals surface area contributed by atoms with E-state index in [0.717, 1.165) is 36.3 Å². The molecule has 0 bridgehead atoms. The first-order valence-corrected chi connectivity index (χ1v) is 14.8. The molecule has 0 spiro atoms. The molecule has 43 heavy (non-hydrogen) atoms. The normalized spacial score (nSPS) is 19.3.